The number of carbonyl (C=O) groups excluding carboxylic acids is 1. The number of rotatable bonds is 6. The van der Waals surface area contributed by atoms with Crippen LogP contribution in [0.2, 0.25) is 0 Å². The number of carbonyl (C=O) groups is 1. The molecule has 0 spiro atoms. The van der Waals surface area contributed by atoms with Gasteiger partial charge in [-0.25, -0.2) is 22.3 Å². The second-order valence-corrected chi connectivity index (χ2v) is 11.5. The molecule has 0 aliphatic carbocycles. The molecule has 0 radical (unpaired) electrons. The Morgan fingerprint density at radius 1 is 1.38 bits per heavy atom. The number of esters is 1. The average molecular weight is 592 g/mol. The van der Waals surface area contributed by atoms with Gasteiger partial charge in [-0.3, -0.25) is 4.79 Å². The van der Waals surface area contributed by atoms with Crippen molar-refractivity contribution in [3.05, 3.63) is 45.3 Å². The van der Waals surface area contributed by atoms with Crippen molar-refractivity contribution < 1.29 is 17.9 Å². The van der Waals surface area contributed by atoms with Crippen molar-refractivity contribution in [2.24, 2.45) is 7.05 Å². The molecular weight excluding hydrogens is 570 g/mol. The molecule has 32 heavy (non-hydrogen) atoms. The zero-order valence-electron chi connectivity index (χ0n) is 17.7. The van der Waals surface area contributed by atoms with Gasteiger partial charge in [0.05, 0.1) is 44.2 Å². The maximum atomic E-state index is 13.3. The van der Waals surface area contributed by atoms with Gasteiger partial charge in [0.15, 0.2) is 0 Å². The van der Waals surface area contributed by atoms with Crippen molar-refractivity contribution in [1.29, 1.82) is 0 Å². The van der Waals surface area contributed by atoms with Crippen molar-refractivity contribution in [3.8, 4) is 0 Å². The SMILES string of the molecule is CCOC(=O)c1cn(PI)nc1Cn1ncc2c3c(n(C)c2c1=O)CN(S(C)(=O)=O)CC3. The van der Waals surface area contributed by atoms with Gasteiger partial charge in [-0.2, -0.15) is 14.5 Å². The van der Waals surface area contributed by atoms with Crippen molar-refractivity contribution in [1.82, 2.24) is 28.2 Å². The number of hydrogen-bond donors (Lipinski definition) is 0. The van der Waals surface area contributed by atoms with Crippen LogP contribution in [0.1, 0.15) is 34.2 Å². The van der Waals surface area contributed by atoms with Crippen LogP contribution in [0, 0.1) is 0 Å². The molecule has 172 valence electrons. The van der Waals surface area contributed by atoms with E-state index in [1.165, 1.54) is 15.2 Å². The number of ether oxygens (including phenoxy) is 1. The third-order valence-electron chi connectivity index (χ3n) is 5.51. The third kappa shape index (κ3) is 4.11. The summed E-state index contributed by atoms with van der Waals surface area (Å²) in [7, 11) is -1.57. The third-order valence-corrected chi connectivity index (χ3v) is 8.65. The summed E-state index contributed by atoms with van der Waals surface area (Å²) < 4.78 is 35.2. The van der Waals surface area contributed by atoms with Crippen LogP contribution >= 0.6 is 28.4 Å². The molecule has 0 N–H and O–H groups in total. The number of hydrogen-bond acceptors (Lipinski definition) is 7. The molecule has 0 fully saturated rings. The van der Waals surface area contributed by atoms with Crippen LogP contribution in [-0.2, 0) is 41.3 Å². The van der Waals surface area contributed by atoms with E-state index >= 15 is 0 Å². The molecule has 4 heterocycles. The fourth-order valence-electron chi connectivity index (χ4n) is 3.97. The van der Waals surface area contributed by atoms with Gasteiger partial charge in [-0.1, -0.05) is 0 Å². The standard InChI is InChI=1S/C18H22IN6O5PS/c1-4-30-18(27)13-8-25(31-19)21-14(13)9-24-17(26)16-12(7-20-24)11-5-6-23(32(3,28)29)10-15(11)22(16)2/h7-8,31H,4-6,9-10H2,1-3H3. The molecule has 1 atom stereocenters. The van der Waals surface area contributed by atoms with Crippen LogP contribution < -0.4 is 5.56 Å². The molecule has 0 saturated carbocycles. The Kier molecular flexibility index (Phi) is 6.45. The highest BCUT2D eigenvalue weighted by Gasteiger charge is 2.29. The fraction of sp³-hybridized carbons (Fsp3) is 0.444. The van der Waals surface area contributed by atoms with Crippen molar-refractivity contribution >= 4 is 55.3 Å². The second kappa shape index (κ2) is 8.84. The highest BCUT2D eigenvalue weighted by molar-refractivity contribution is 14.2. The number of aromatic nitrogens is 5. The van der Waals surface area contributed by atoms with E-state index in [-0.39, 0.29) is 31.6 Å². The Morgan fingerprint density at radius 2 is 2.12 bits per heavy atom. The molecule has 4 rings (SSSR count). The molecule has 0 saturated heterocycles. The fourth-order valence-corrected chi connectivity index (χ4v) is 5.82. The van der Waals surface area contributed by atoms with E-state index in [4.69, 9.17) is 4.74 Å². The lowest BCUT2D eigenvalue weighted by molar-refractivity contribution is 0.0525. The molecular formula is C18H22IN6O5PS. The summed E-state index contributed by atoms with van der Waals surface area (Å²) >= 11 is 2.15. The topological polar surface area (TPSA) is 121 Å². The minimum atomic E-state index is -3.33. The van der Waals surface area contributed by atoms with Gasteiger partial charge >= 0.3 is 5.97 Å². The molecule has 1 aliphatic heterocycles. The van der Waals surface area contributed by atoms with Crippen LogP contribution in [0.4, 0.5) is 0 Å². The lowest BCUT2D eigenvalue weighted by Crippen LogP contribution is -2.35. The first-order valence-electron chi connectivity index (χ1n) is 9.79. The molecule has 11 nitrogen and oxygen atoms in total. The molecule has 3 aromatic rings. The first kappa shape index (κ1) is 23.3. The molecule has 14 heteroatoms. The molecule has 1 aliphatic rings. The number of halogens is 1. The number of nitrogens with zero attached hydrogens (tertiary/aromatic N) is 6. The Morgan fingerprint density at radius 3 is 2.78 bits per heavy atom. The maximum absolute atomic E-state index is 13.3. The van der Waals surface area contributed by atoms with Gasteiger partial charge in [0.2, 0.25) is 10.0 Å². The quantitative estimate of drug-likeness (QED) is 0.240. The largest absolute Gasteiger partial charge is 0.462 e. The smallest absolute Gasteiger partial charge is 0.341 e. The Labute approximate surface area is 199 Å². The summed E-state index contributed by atoms with van der Waals surface area (Å²) in [6, 6.07) is 0. The van der Waals surface area contributed by atoms with E-state index in [1.54, 1.807) is 35.4 Å². The number of fused-ring (bicyclic) bond motifs is 3. The van der Waals surface area contributed by atoms with Gasteiger partial charge in [0.25, 0.3) is 5.56 Å². The predicted octanol–water partition coefficient (Wildman–Crippen LogP) is 1.27. The van der Waals surface area contributed by atoms with Gasteiger partial charge in [-0.05, 0) is 40.9 Å². The first-order valence-corrected chi connectivity index (χ1v) is 15.7. The van der Waals surface area contributed by atoms with Crippen LogP contribution in [0.15, 0.2) is 17.2 Å². The molecule has 0 aromatic carbocycles. The summed E-state index contributed by atoms with van der Waals surface area (Å²) in [5.74, 6) is -0.493. The molecule has 1 unspecified atom stereocenters. The van der Waals surface area contributed by atoms with Crippen molar-refractivity contribution in [2.45, 2.75) is 26.4 Å². The molecule has 0 amide bonds. The highest BCUT2D eigenvalue weighted by Crippen LogP contribution is 2.29. The lowest BCUT2D eigenvalue weighted by atomic mass is 10.1. The minimum Gasteiger partial charge on any atom is -0.462 e. The Hall–Kier alpha value is -1.83. The normalized spacial score (nSPS) is 15.0. The maximum Gasteiger partial charge on any atom is 0.341 e. The average Bonchev–Trinajstić information content (AvgIpc) is 3.29. The monoisotopic (exact) mass is 592 g/mol. The predicted molar refractivity (Wildman–Crippen MR) is 129 cm³/mol. The van der Waals surface area contributed by atoms with Gasteiger partial charge in [0.1, 0.15) is 11.1 Å². The van der Waals surface area contributed by atoms with Crippen molar-refractivity contribution in [2.75, 3.05) is 19.4 Å². The van der Waals surface area contributed by atoms with Crippen LogP contribution in [0.3, 0.4) is 0 Å². The summed E-state index contributed by atoms with van der Waals surface area (Å²) in [5.41, 5.74) is 2.57. The lowest BCUT2D eigenvalue weighted by Gasteiger charge is -2.25. The van der Waals surface area contributed by atoms with E-state index in [0.717, 1.165) is 16.6 Å². The molecule has 0 bridgehead atoms. The van der Waals surface area contributed by atoms with Gasteiger partial charge < -0.3 is 9.30 Å². The molecule has 3 aromatic heterocycles. The highest BCUT2D eigenvalue weighted by atomic mass is 127. The van der Waals surface area contributed by atoms with E-state index in [9.17, 15) is 18.0 Å². The van der Waals surface area contributed by atoms with Crippen LogP contribution in [0.25, 0.3) is 10.9 Å². The van der Waals surface area contributed by atoms with Crippen LogP contribution in [-0.4, -0.2) is 62.0 Å². The van der Waals surface area contributed by atoms with E-state index in [2.05, 4.69) is 32.2 Å². The zero-order valence-corrected chi connectivity index (χ0v) is 21.7. The Bertz CT molecular complexity index is 1380. The summed E-state index contributed by atoms with van der Waals surface area (Å²) in [4.78, 5) is 25.7. The van der Waals surface area contributed by atoms with E-state index in [1.807, 2.05) is 0 Å². The van der Waals surface area contributed by atoms with E-state index in [0.29, 0.717) is 29.7 Å². The Balaban J connectivity index is 1.77. The first-order chi connectivity index (χ1) is 15.2. The van der Waals surface area contributed by atoms with Crippen molar-refractivity contribution in [3.63, 3.8) is 0 Å². The van der Waals surface area contributed by atoms with Gasteiger partial charge in [0, 0.05) is 30.9 Å². The summed E-state index contributed by atoms with van der Waals surface area (Å²) in [6.07, 6.45) is 5.23. The van der Waals surface area contributed by atoms with Crippen LogP contribution in [0.5, 0.6) is 0 Å². The summed E-state index contributed by atoms with van der Waals surface area (Å²) in [5, 5.41) is 9.47. The second-order valence-electron chi connectivity index (χ2n) is 7.44. The zero-order chi connectivity index (χ0) is 23.2. The van der Waals surface area contributed by atoms with E-state index < -0.39 is 16.0 Å². The summed E-state index contributed by atoms with van der Waals surface area (Å²) in [6.45, 7) is 2.56. The number of aryl methyl sites for hydroxylation is 1. The van der Waals surface area contributed by atoms with Gasteiger partial charge in [-0.15, -0.1) is 0 Å². The number of sulfonamides is 1. The minimum absolute atomic E-state index is 0.0162.